The summed E-state index contributed by atoms with van der Waals surface area (Å²) >= 11 is 0. The number of hydrogen-bond acceptors (Lipinski definition) is 2. The third-order valence-corrected chi connectivity index (χ3v) is 3.22. The number of aliphatic hydroxyl groups is 1. The van der Waals surface area contributed by atoms with E-state index in [1.807, 2.05) is 38.1 Å². The van der Waals surface area contributed by atoms with E-state index in [-0.39, 0.29) is 17.6 Å². The Morgan fingerprint density at radius 1 is 1.35 bits per heavy atom. The van der Waals surface area contributed by atoms with Gasteiger partial charge in [0.1, 0.15) is 0 Å². The standard InChI is InChI=1S/C16H26N2O2/c1-5-13-8-6-7-9-14(13)18-15(20)17-11-16(3,4)10-12(2)19/h6-9,12,19H,5,10-11H2,1-4H3,(H2,17,18,20). The van der Waals surface area contributed by atoms with Gasteiger partial charge < -0.3 is 15.7 Å². The van der Waals surface area contributed by atoms with Gasteiger partial charge in [-0.15, -0.1) is 0 Å². The second kappa shape index (κ2) is 7.29. The topological polar surface area (TPSA) is 61.4 Å². The number of amides is 2. The van der Waals surface area contributed by atoms with Gasteiger partial charge >= 0.3 is 6.03 Å². The second-order valence-corrected chi connectivity index (χ2v) is 6.04. The van der Waals surface area contributed by atoms with Crippen LogP contribution in [0.15, 0.2) is 24.3 Å². The van der Waals surface area contributed by atoms with E-state index >= 15 is 0 Å². The zero-order chi connectivity index (χ0) is 15.2. The van der Waals surface area contributed by atoms with Gasteiger partial charge in [-0.3, -0.25) is 0 Å². The third kappa shape index (κ3) is 5.61. The molecule has 3 N–H and O–H groups in total. The molecular formula is C16H26N2O2. The summed E-state index contributed by atoms with van der Waals surface area (Å²) < 4.78 is 0. The summed E-state index contributed by atoms with van der Waals surface area (Å²) in [5, 5.41) is 15.2. The molecule has 0 aromatic heterocycles. The van der Waals surface area contributed by atoms with Crippen LogP contribution in [0, 0.1) is 5.41 Å². The Morgan fingerprint density at radius 3 is 2.60 bits per heavy atom. The predicted octanol–water partition coefficient (Wildman–Crippen LogP) is 3.17. The first kappa shape index (κ1) is 16.5. The predicted molar refractivity (Wildman–Crippen MR) is 82.9 cm³/mol. The molecule has 20 heavy (non-hydrogen) atoms. The SMILES string of the molecule is CCc1ccccc1NC(=O)NCC(C)(C)CC(C)O. The Kier molecular flexibility index (Phi) is 6.02. The molecule has 0 radical (unpaired) electrons. The molecule has 1 unspecified atom stereocenters. The van der Waals surface area contributed by atoms with Crippen molar-refractivity contribution >= 4 is 11.7 Å². The average molecular weight is 278 g/mol. The summed E-state index contributed by atoms with van der Waals surface area (Å²) in [7, 11) is 0. The fourth-order valence-electron chi connectivity index (χ4n) is 2.31. The van der Waals surface area contributed by atoms with Crippen LogP contribution in [0.1, 0.15) is 39.7 Å². The van der Waals surface area contributed by atoms with E-state index in [9.17, 15) is 9.90 Å². The van der Waals surface area contributed by atoms with Crippen LogP contribution in [0.3, 0.4) is 0 Å². The van der Waals surface area contributed by atoms with Crippen LogP contribution in [0.4, 0.5) is 10.5 Å². The Bertz CT molecular complexity index is 442. The van der Waals surface area contributed by atoms with Crippen molar-refractivity contribution in [2.24, 2.45) is 5.41 Å². The molecule has 0 bridgehead atoms. The molecule has 0 saturated heterocycles. The van der Waals surface area contributed by atoms with Crippen molar-refractivity contribution in [3.8, 4) is 0 Å². The van der Waals surface area contributed by atoms with Crippen molar-refractivity contribution in [1.29, 1.82) is 0 Å². The summed E-state index contributed by atoms with van der Waals surface area (Å²) in [5.74, 6) is 0. The van der Waals surface area contributed by atoms with Crippen molar-refractivity contribution in [3.63, 3.8) is 0 Å². The van der Waals surface area contributed by atoms with Gasteiger partial charge in [0.15, 0.2) is 0 Å². The molecule has 1 aromatic carbocycles. The fraction of sp³-hybridized carbons (Fsp3) is 0.562. The summed E-state index contributed by atoms with van der Waals surface area (Å²) in [6.45, 7) is 8.40. The van der Waals surface area contributed by atoms with Gasteiger partial charge in [-0.25, -0.2) is 4.79 Å². The van der Waals surface area contributed by atoms with Gasteiger partial charge in [-0.05, 0) is 36.8 Å². The minimum absolute atomic E-state index is 0.129. The molecule has 0 fully saturated rings. The smallest absolute Gasteiger partial charge is 0.319 e. The molecule has 1 rings (SSSR count). The van der Waals surface area contributed by atoms with Crippen LogP contribution in [0.2, 0.25) is 0 Å². The number of hydrogen-bond donors (Lipinski definition) is 3. The van der Waals surface area contributed by atoms with Gasteiger partial charge in [0, 0.05) is 12.2 Å². The van der Waals surface area contributed by atoms with Crippen LogP contribution < -0.4 is 10.6 Å². The van der Waals surface area contributed by atoms with Gasteiger partial charge in [-0.2, -0.15) is 0 Å². The number of urea groups is 1. The van der Waals surface area contributed by atoms with Crippen molar-refractivity contribution in [2.75, 3.05) is 11.9 Å². The Morgan fingerprint density at radius 2 is 2.00 bits per heavy atom. The number of aryl methyl sites for hydroxylation is 1. The summed E-state index contributed by atoms with van der Waals surface area (Å²) in [6.07, 6.45) is 1.17. The number of rotatable bonds is 6. The summed E-state index contributed by atoms with van der Waals surface area (Å²) in [4.78, 5) is 11.9. The van der Waals surface area contributed by atoms with Gasteiger partial charge in [0.2, 0.25) is 0 Å². The first-order valence-corrected chi connectivity index (χ1v) is 7.15. The van der Waals surface area contributed by atoms with Crippen molar-refractivity contribution in [2.45, 2.75) is 46.6 Å². The first-order valence-electron chi connectivity index (χ1n) is 7.15. The zero-order valence-electron chi connectivity index (χ0n) is 12.9. The summed E-state index contributed by atoms with van der Waals surface area (Å²) in [6, 6.07) is 7.58. The molecule has 0 saturated carbocycles. The number of carbonyl (C=O) groups is 1. The van der Waals surface area contributed by atoms with Gasteiger partial charge in [0.25, 0.3) is 0 Å². The molecule has 4 nitrogen and oxygen atoms in total. The molecule has 0 aliphatic rings. The van der Waals surface area contributed by atoms with Crippen LogP contribution in [0.25, 0.3) is 0 Å². The average Bonchev–Trinajstić information content (AvgIpc) is 2.36. The Hall–Kier alpha value is -1.55. The lowest BCUT2D eigenvalue weighted by Gasteiger charge is -2.26. The lowest BCUT2D eigenvalue weighted by molar-refractivity contribution is 0.129. The number of anilines is 1. The lowest BCUT2D eigenvalue weighted by Crippen LogP contribution is -2.38. The second-order valence-electron chi connectivity index (χ2n) is 6.04. The highest BCUT2D eigenvalue weighted by Gasteiger charge is 2.21. The Labute approximate surface area is 121 Å². The van der Waals surface area contributed by atoms with E-state index < -0.39 is 0 Å². The minimum atomic E-state index is -0.365. The number of nitrogens with one attached hydrogen (secondary N) is 2. The first-order chi connectivity index (χ1) is 9.34. The molecule has 0 heterocycles. The zero-order valence-corrected chi connectivity index (χ0v) is 12.9. The number of benzene rings is 1. The van der Waals surface area contributed by atoms with Crippen LogP contribution in [0.5, 0.6) is 0 Å². The highest BCUT2D eigenvalue weighted by atomic mass is 16.3. The molecule has 0 aliphatic carbocycles. The maximum Gasteiger partial charge on any atom is 0.319 e. The molecule has 0 spiro atoms. The van der Waals surface area contributed by atoms with Crippen LogP contribution in [-0.2, 0) is 6.42 Å². The monoisotopic (exact) mass is 278 g/mol. The lowest BCUT2D eigenvalue weighted by atomic mass is 9.87. The largest absolute Gasteiger partial charge is 0.393 e. The van der Waals surface area contributed by atoms with Crippen LogP contribution in [-0.4, -0.2) is 23.8 Å². The van der Waals surface area contributed by atoms with E-state index in [4.69, 9.17) is 0 Å². The molecule has 1 atom stereocenters. The molecule has 112 valence electrons. The number of para-hydroxylation sites is 1. The number of carbonyl (C=O) groups excluding carboxylic acids is 1. The van der Waals surface area contributed by atoms with Crippen molar-refractivity contribution in [1.82, 2.24) is 5.32 Å². The van der Waals surface area contributed by atoms with Crippen LogP contribution >= 0.6 is 0 Å². The highest BCUT2D eigenvalue weighted by Crippen LogP contribution is 2.21. The maximum absolute atomic E-state index is 11.9. The molecule has 4 heteroatoms. The van der Waals surface area contributed by atoms with Crippen molar-refractivity contribution in [3.05, 3.63) is 29.8 Å². The van der Waals surface area contributed by atoms with Gasteiger partial charge in [-0.1, -0.05) is 39.0 Å². The minimum Gasteiger partial charge on any atom is -0.393 e. The quantitative estimate of drug-likeness (QED) is 0.748. The summed E-state index contributed by atoms with van der Waals surface area (Å²) in [5.41, 5.74) is 1.84. The van der Waals surface area contributed by atoms with E-state index in [0.717, 1.165) is 17.7 Å². The fourth-order valence-corrected chi connectivity index (χ4v) is 2.31. The normalized spacial score (nSPS) is 12.8. The van der Waals surface area contributed by atoms with E-state index in [0.29, 0.717) is 13.0 Å². The maximum atomic E-state index is 11.9. The highest BCUT2D eigenvalue weighted by molar-refractivity contribution is 5.90. The third-order valence-electron chi connectivity index (χ3n) is 3.22. The van der Waals surface area contributed by atoms with E-state index in [1.165, 1.54) is 0 Å². The van der Waals surface area contributed by atoms with E-state index in [1.54, 1.807) is 6.92 Å². The molecule has 2 amide bonds. The Balaban J connectivity index is 2.52. The number of aliphatic hydroxyl groups excluding tert-OH is 1. The molecular weight excluding hydrogens is 252 g/mol. The van der Waals surface area contributed by atoms with Crippen molar-refractivity contribution < 1.29 is 9.90 Å². The van der Waals surface area contributed by atoms with Gasteiger partial charge in [0.05, 0.1) is 6.10 Å². The van der Waals surface area contributed by atoms with E-state index in [2.05, 4.69) is 17.6 Å². The molecule has 0 aliphatic heterocycles. The molecule has 1 aromatic rings.